The molecule has 0 saturated heterocycles. The van der Waals surface area contributed by atoms with Crippen LogP contribution in [0.1, 0.15) is 22.8 Å². The first kappa shape index (κ1) is 11.7. The molecule has 1 rings (SSSR count). The number of rotatable bonds is 5. The van der Waals surface area contributed by atoms with Gasteiger partial charge in [-0.1, -0.05) is 0 Å². The van der Waals surface area contributed by atoms with Crippen LogP contribution in [0.25, 0.3) is 0 Å². The van der Waals surface area contributed by atoms with Gasteiger partial charge in [-0.05, 0) is 44.8 Å². The summed E-state index contributed by atoms with van der Waals surface area (Å²) in [5.41, 5.74) is 2.90. The van der Waals surface area contributed by atoms with Crippen molar-refractivity contribution in [1.82, 2.24) is 4.90 Å². The zero-order valence-electron chi connectivity index (χ0n) is 9.58. The van der Waals surface area contributed by atoms with Gasteiger partial charge in [0.2, 0.25) is 0 Å². The second kappa shape index (κ2) is 5.51. The second-order valence-corrected chi connectivity index (χ2v) is 3.80. The molecule has 0 amide bonds. The number of benzene rings is 1. The minimum absolute atomic E-state index is 0.769. The smallest absolute Gasteiger partial charge is 0.150 e. The fourth-order valence-corrected chi connectivity index (χ4v) is 1.51. The maximum absolute atomic E-state index is 10.8. The molecule has 0 aliphatic heterocycles. The van der Waals surface area contributed by atoms with Crippen LogP contribution in [0.15, 0.2) is 18.2 Å². The number of anilines is 1. The average molecular weight is 206 g/mol. The molecule has 82 valence electrons. The molecule has 1 aromatic rings. The lowest BCUT2D eigenvalue weighted by molar-refractivity contribution is 0.112. The van der Waals surface area contributed by atoms with E-state index in [1.807, 2.05) is 32.3 Å². The Kier molecular flexibility index (Phi) is 4.31. The Bertz CT molecular complexity index is 334. The van der Waals surface area contributed by atoms with E-state index in [9.17, 15) is 4.79 Å². The summed E-state index contributed by atoms with van der Waals surface area (Å²) in [6, 6.07) is 5.84. The Morgan fingerprint density at radius 3 is 2.67 bits per heavy atom. The van der Waals surface area contributed by atoms with Crippen molar-refractivity contribution in [3.63, 3.8) is 0 Å². The van der Waals surface area contributed by atoms with Crippen LogP contribution in [0.5, 0.6) is 0 Å². The number of hydrogen-bond donors (Lipinski definition) is 1. The molecule has 0 aromatic heterocycles. The maximum atomic E-state index is 10.8. The van der Waals surface area contributed by atoms with Crippen LogP contribution in [0.4, 0.5) is 5.69 Å². The SMILES string of the molecule is CCNc1ccc(C=O)c(CN(C)C)c1. The molecule has 3 heteroatoms. The normalized spacial score (nSPS) is 10.4. The Morgan fingerprint density at radius 2 is 2.13 bits per heavy atom. The third kappa shape index (κ3) is 3.36. The predicted octanol–water partition coefficient (Wildman–Crippen LogP) is 1.99. The molecule has 0 radical (unpaired) electrons. The highest BCUT2D eigenvalue weighted by Gasteiger charge is 2.04. The number of nitrogens with one attached hydrogen (secondary N) is 1. The van der Waals surface area contributed by atoms with Crippen LogP contribution >= 0.6 is 0 Å². The topological polar surface area (TPSA) is 32.3 Å². The Morgan fingerprint density at radius 1 is 1.40 bits per heavy atom. The monoisotopic (exact) mass is 206 g/mol. The molecule has 0 spiro atoms. The van der Waals surface area contributed by atoms with E-state index in [0.29, 0.717) is 0 Å². The van der Waals surface area contributed by atoms with Gasteiger partial charge in [-0.25, -0.2) is 0 Å². The van der Waals surface area contributed by atoms with Gasteiger partial charge in [-0.15, -0.1) is 0 Å². The van der Waals surface area contributed by atoms with Crippen molar-refractivity contribution in [2.45, 2.75) is 13.5 Å². The predicted molar refractivity (Wildman–Crippen MR) is 63.4 cm³/mol. The Balaban J connectivity index is 2.96. The number of hydrogen-bond acceptors (Lipinski definition) is 3. The summed E-state index contributed by atoms with van der Waals surface area (Å²) < 4.78 is 0. The fraction of sp³-hybridized carbons (Fsp3) is 0.417. The van der Waals surface area contributed by atoms with E-state index in [0.717, 1.165) is 36.2 Å². The molecule has 0 atom stereocenters. The summed E-state index contributed by atoms with van der Waals surface area (Å²) in [4.78, 5) is 12.9. The van der Waals surface area contributed by atoms with Crippen LogP contribution < -0.4 is 5.32 Å². The van der Waals surface area contributed by atoms with E-state index in [-0.39, 0.29) is 0 Å². The maximum Gasteiger partial charge on any atom is 0.150 e. The van der Waals surface area contributed by atoms with Crippen molar-refractivity contribution in [1.29, 1.82) is 0 Å². The van der Waals surface area contributed by atoms with Gasteiger partial charge in [0.05, 0.1) is 0 Å². The van der Waals surface area contributed by atoms with Crippen molar-refractivity contribution < 1.29 is 4.79 Å². The van der Waals surface area contributed by atoms with Crippen molar-refractivity contribution in [2.75, 3.05) is 26.0 Å². The molecule has 0 aliphatic rings. The van der Waals surface area contributed by atoms with Crippen LogP contribution in [0.3, 0.4) is 0 Å². The molecular weight excluding hydrogens is 188 g/mol. The quantitative estimate of drug-likeness (QED) is 0.748. The molecule has 0 unspecified atom stereocenters. The van der Waals surface area contributed by atoms with E-state index in [4.69, 9.17) is 0 Å². The highest BCUT2D eigenvalue weighted by molar-refractivity contribution is 5.78. The third-order valence-corrected chi connectivity index (χ3v) is 2.14. The molecule has 0 aliphatic carbocycles. The van der Waals surface area contributed by atoms with Gasteiger partial charge in [-0.3, -0.25) is 4.79 Å². The minimum Gasteiger partial charge on any atom is -0.385 e. The van der Waals surface area contributed by atoms with E-state index >= 15 is 0 Å². The van der Waals surface area contributed by atoms with Gasteiger partial charge in [-0.2, -0.15) is 0 Å². The summed E-state index contributed by atoms with van der Waals surface area (Å²) in [5.74, 6) is 0. The van der Waals surface area contributed by atoms with E-state index in [1.54, 1.807) is 0 Å². The third-order valence-electron chi connectivity index (χ3n) is 2.14. The molecule has 0 bridgehead atoms. The fourth-order valence-electron chi connectivity index (χ4n) is 1.51. The summed E-state index contributed by atoms with van der Waals surface area (Å²) in [7, 11) is 3.99. The lowest BCUT2D eigenvalue weighted by atomic mass is 10.1. The second-order valence-electron chi connectivity index (χ2n) is 3.80. The van der Waals surface area contributed by atoms with Gasteiger partial charge >= 0.3 is 0 Å². The van der Waals surface area contributed by atoms with E-state index < -0.39 is 0 Å². The lowest BCUT2D eigenvalue weighted by Gasteiger charge is -2.13. The van der Waals surface area contributed by atoms with Gasteiger partial charge in [0.25, 0.3) is 0 Å². The highest BCUT2D eigenvalue weighted by Crippen LogP contribution is 2.15. The summed E-state index contributed by atoms with van der Waals surface area (Å²) >= 11 is 0. The van der Waals surface area contributed by atoms with Crippen LogP contribution in [0.2, 0.25) is 0 Å². The van der Waals surface area contributed by atoms with Gasteiger partial charge in [0.1, 0.15) is 6.29 Å². The van der Waals surface area contributed by atoms with E-state index in [1.165, 1.54) is 0 Å². The first-order chi connectivity index (χ1) is 7.17. The number of carbonyl (C=O) groups is 1. The van der Waals surface area contributed by atoms with Gasteiger partial charge in [0.15, 0.2) is 0 Å². The lowest BCUT2D eigenvalue weighted by Crippen LogP contribution is -2.12. The van der Waals surface area contributed by atoms with Crippen molar-refractivity contribution >= 4 is 12.0 Å². The summed E-state index contributed by atoms with van der Waals surface area (Å²) in [6.07, 6.45) is 0.911. The van der Waals surface area contributed by atoms with Gasteiger partial charge in [0, 0.05) is 24.3 Å². The number of nitrogens with zero attached hydrogens (tertiary/aromatic N) is 1. The summed E-state index contributed by atoms with van der Waals surface area (Å²) in [5, 5.41) is 3.24. The number of carbonyl (C=O) groups excluding carboxylic acids is 1. The van der Waals surface area contributed by atoms with Crippen LogP contribution in [-0.4, -0.2) is 31.8 Å². The standard InChI is InChI=1S/C12H18N2O/c1-4-13-12-6-5-10(9-15)11(7-12)8-14(2)3/h5-7,9,13H,4,8H2,1-3H3. The average Bonchev–Trinajstić information content (AvgIpc) is 2.18. The molecule has 0 saturated carbocycles. The molecule has 15 heavy (non-hydrogen) atoms. The van der Waals surface area contributed by atoms with Crippen LogP contribution in [-0.2, 0) is 6.54 Å². The zero-order valence-corrected chi connectivity index (χ0v) is 9.58. The molecule has 3 nitrogen and oxygen atoms in total. The largest absolute Gasteiger partial charge is 0.385 e. The molecular formula is C12H18N2O. The highest BCUT2D eigenvalue weighted by atomic mass is 16.1. The van der Waals surface area contributed by atoms with Crippen molar-refractivity contribution in [3.05, 3.63) is 29.3 Å². The Hall–Kier alpha value is -1.35. The van der Waals surface area contributed by atoms with Crippen LogP contribution in [0, 0.1) is 0 Å². The van der Waals surface area contributed by atoms with E-state index in [2.05, 4.69) is 17.1 Å². The zero-order chi connectivity index (χ0) is 11.3. The molecule has 1 N–H and O–H groups in total. The van der Waals surface area contributed by atoms with Crippen molar-refractivity contribution in [3.8, 4) is 0 Å². The van der Waals surface area contributed by atoms with Crippen molar-refractivity contribution in [2.24, 2.45) is 0 Å². The van der Waals surface area contributed by atoms with Gasteiger partial charge < -0.3 is 10.2 Å². The first-order valence-electron chi connectivity index (χ1n) is 5.14. The molecule has 0 fully saturated rings. The molecule has 0 heterocycles. The molecule has 1 aromatic carbocycles. The summed E-state index contributed by atoms with van der Waals surface area (Å²) in [6.45, 7) is 3.73. The first-order valence-corrected chi connectivity index (χ1v) is 5.14. The number of aldehydes is 1. The minimum atomic E-state index is 0.769. The Labute approximate surface area is 91.1 Å².